The number of nitrogens with zero attached hydrogens (tertiary/aromatic N) is 4. The number of fused-ring (bicyclic) bond motifs is 1. The molecule has 3 fully saturated rings. The number of urea groups is 1. The molecule has 2 N–H and O–H groups in total. The highest BCUT2D eigenvalue weighted by atomic mass is 19.4. The first-order chi connectivity index (χ1) is 24.3. The van der Waals surface area contributed by atoms with Gasteiger partial charge in [-0.15, -0.1) is 0 Å². The minimum Gasteiger partial charge on any atom is -0.436 e. The highest BCUT2D eigenvalue weighted by Crippen LogP contribution is 2.37. The number of carbonyl (C=O) groups excluding carboxylic acids is 3. The monoisotopic (exact) mass is 740 g/mol. The molecule has 52 heavy (non-hydrogen) atoms. The molecular formula is C36H46F6N6O4. The van der Waals surface area contributed by atoms with Crippen molar-refractivity contribution in [3.63, 3.8) is 0 Å². The van der Waals surface area contributed by atoms with E-state index in [4.69, 9.17) is 4.74 Å². The molecular weight excluding hydrogens is 694 g/mol. The first-order valence-electron chi connectivity index (χ1n) is 17.4. The van der Waals surface area contributed by atoms with Crippen LogP contribution in [0.4, 0.5) is 41.6 Å². The number of hydrogen-bond acceptors (Lipinski definition) is 6. The van der Waals surface area contributed by atoms with Gasteiger partial charge < -0.3 is 30.1 Å². The van der Waals surface area contributed by atoms with Crippen molar-refractivity contribution in [1.29, 1.82) is 0 Å². The average Bonchev–Trinajstić information content (AvgIpc) is 3.28. The molecule has 16 heteroatoms. The van der Waals surface area contributed by atoms with Crippen molar-refractivity contribution in [2.24, 2.45) is 0 Å². The fraction of sp³-hybridized carbons (Fsp3) is 0.583. The number of para-hydroxylation sites is 1. The van der Waals surface area contributed by atoms with Crippen molar-refractivity contribution in [3.8, 4) is 0 Å². The molecule has 0 radical (unpaired) electrons. The van der Waals surface area contributed by atoms with Crippen molar-refractivity contribution in [2.75, 3.05) is 64.2 Å². The van der Waals surface area contributed by atoms with Gasteiger partial charge in [-0.3, -0.25) is 9.69 Å². The van der Waals surface area contributed by atoms with Gasteiger partial charge in [0.05, 0.1) is 11.1 Å². The van der Waals surface area contributed by atoms with E-state index in [2.05, 4.69) is 15.5 Å². The summed E-state index contributed by atoms with van der Waals surface area (Å²) in [6, 6.07) is 8.62. The number of carbonyl (C=O) groups is 3. The zero-order valence-electron chi connectivity index (χ0n) is 28.1. The standard InChI is InChI=1S/C35H42F6N6O4.CH4/c36-34(37,38)25-19-23(20-26(22-25)35(39,40)41)21-30(31(48)45-17-15-44(16-18-45)27-5-10-42-11-6-27)51-33(50)46-12-8-28(9-13-46)47-14-7-24-3-1-2-4-29(24)43-32(47)49;/h1-4,19-20,22,27-28,30,42H,5-18,21H2,(H,43,49);1H4/t30-;/m1./s1. The molecule has 4 aliphatic heterocycles. The summed E-state index contributed by atoms with van der Waals surface area (Å²) in [5.74, 6) is -0.671. The Kier molecular flexibility index (Phi) is 12.3. The summed E-state index contributed by atoms with van der Waals surface area (Å²) < 4.78 is 87.7. The molecule has 4 aliphatic rings. The van der Waals surface area contributed by atoms with Gasteiger partial charge in [0.15, 0.2) is 6.10 Å². The van der Waals surface area contributed by atoms with Gasteiger partial charge in [-0.2, -0.15) is 26.3 Å². The second-order valence-corrected chi connectivity index (χ2v) is 13.6. The summed E-state index contributed by atoms with van der Waals surface area (Å²) in [4.78, 5) is 47.3. The first-order valence-corrected chi connectivity index (χ1v) is 17.4. The Morgan fingerprint density at radius 1 is 0.788 bits per heavy atom. The number of hydrogen-bond donors (Lipinski definition) is 2. The molecule has 2 aromatic rings. The molecule has 0 saturated carbocycles. The molecule has 2 aromatic carbocycles. The van der Waals surface area contributed by atoms with E-state index in [0.29, 0.717) is 57.1 Å². The lowest BCUT2D eigenvalue weighted by Gasteiger charge is -2.41. The van der Waals surface area contributed by atoms with Crippen LogP contribution in [0.15, 0.2) is 42.5 Å². The second-order valence-electron chi connectivity index (χ2n) is 13.6. The predicted molar refractivity (Wildman–Crippen MR) is 182 cm³/mol. The largest absolute Gasteiger partial charge is 0.436 e. The Labute approximate surface area is 299 Å². The van der Waals surface area contributed by atoms with Crippen LogP contribution in [0.1, 0.15) is 55.4 Å². The topological polar surface area (TPSA) is 97.5 Å². The minimum absolute atomic E-state index is 0. The van der Waals surface area contributed by atoms with Gasteiger partial charge in [-0.25, -0.2) is 9.59 Å². The maximum absolute atomic E-state index is 13.9. The molecule has 0 spiro atoms. The third kappa shape index (κ3) is 9.29. The number of ether oxygens (including phenoxy) is 1. The molecule has 6 rings (SSSR count). The molecule has 0 aliphatic carbocycles. The van der Waals surface area contributed by atoms with Crippen LogP contribution >= 0.6 is 0 Å². The van der Waals surface area contributed by atoms with Gasteiger partial charge in [0, 0.05) is 70.0 Å². The number of amides is 4. The van der Waals surface area contributed by atoms with Gasteiger partial charge in [-0.05, 0) is 80.6 Å². The van der Waals surface area contributed by atoms with Crippen LogP contribution < -0.4 is 10.6 Å². The zero-order chi connectivity index (χ0) is 36.3. The third-order valence-corrected chi connectivity index (χ3v) is 10.3. The van der Waals surface area contributed by atoms with Crippen molar-refractivity contribution in [1.82, 2.24) is 24.9 Å². The minimum atomic E-state index is -5.07. The Bertz CT molecular complexity index is 1530. The Morgan fingerprint density at radius 3 is 2.02 bits per heavy atom. The lowest BCUT2D eigenvalue weighted by Crippen LogP contribution is -2.56. The highest BCUT2D eigenvalue weighted by molar-refractivity contribution is 5.91. The second kappa shape index (κ2) is 16.3. The zero-order valence-corrected chi connectivity index (χ0v) is 28.1. The van der Waals surface area contributed by atoms with Crippen LogP contribution in [0.2, 0.25) is 0 Å². The normalized spacial score (nSPS) is 20.3. The van der Waals surface area contributed by atoms with E-state index in [1.54, 1.807) is 4.90 Å². The SMILES string of the molecule is C.O=C(O[C@H](Cc1cc(C(F)(F)F)cc(C(F)(F)F)c1)C(=O)N1CCN(C2CCNCC2)CC1)N1CCC(N2CCc3ccccc3NC2=O)CC1. The summed E-state index contributed by atoms with van der Waals surface area (Å²) in [5, 5.41) is 6.25. The summed E-state index contributed by atoms with van der Waals surface area (Å²) in [6.07, 6.45) is -9.97. The van der Waals surface area contributed by atoms with Crippen molar-refractivity contribution in [2.45, 2.75) is 76.5 Å². The number of likely N-dealkylation sites (tertiary alicyclic amines) is 1. The van der Waals surface area contributed by atoms with Crippen molar-refractivity contribution >= 4 is 23.7 Å². The quantitative estimate of drug-likeness (QED) is 0.361. The highest BCUT2D eigenvalue weighted by Gasteiger charge is 2.39. The van der Waals surface area contributed by atoms with Gasteiger partial charge in [-0.1, -0.05) is 25.6 Å². The van der Waals surface area contributed by atoms with E-state index in [-0.39, 0.29) is 51.7 Å². The molecule has 0 unspecified atom stereocenters. The molecule has 10 nitrogen and oxygen atoms in total. The van der Waals surface area contributed by atoms with Crippen LogP contribution in [0.25, 0.3) is 0 Å². The summed E-state index contributed by atoms with van der Waals surface area (Å²) in [7, 11) is 0. The van der Waals surface area contributed by atoms with Crippen LogP contribution in [0, 0.1) is 0 Å². The predicted octanol–water partition coefficient (Wildman–Crippen LogP) is 5.86. The molecule has 286 valence electrons. The molecule has 0 bridgehead atoms. The van der Waals surface area contributed by atoms with Gasteiger partial charge >= 0.3 is 24.5 Å². The molecule has 4 amide bonds. The van der Waals surface area contributed by atoms with Crippen LogP contribution in [-0.2, 0) is 34.7 Å². The summed E-state index contributed by atoms with van der Waals surface area (Å²) in [5.41, 5.74) is -1.69. The van der Waals surface area contributed by atoms with E-state index in [1.165, 1.54) is 9.80 Å². The summed E-state index contributed by atoms with van der Waals surface area (Å²) in [6.45, 7) is 4.25. The number of piperidine rings is 2. The first kappa shape index (κ1) is 39.2. The number of piperazine rings is 1. The van der Waals surface area contributed by atoms with E-state index in [9.17, 15) is 40.7 Å². The average molecular weight is 741 g/mol. The molecule has 0 aromatic heterocycles. The number of alkyl halides is 6. The van der Waals surface area contributed by atoms with Crippen molar-refractivity contribution < 1.29 is 45.5 Å². The molecule has 1 atom stereocenters. The van der Waals surface area contributed by atoms with E-state index in [0.717, 1.165) is 37.2 Å². The maximum atomic E-state index is 13.9. The number of halogens is 6. The van der Waals surface area contributed by atoms with Gasteiger partial charge in [0.1, 0.15) is 0 Å². The van der Waals surface area contributed by atoms with E-state index in [1.807, 2.05) is 24.3 Å². The van der Waals surface area contributed by atoms with Crippen LogP contribution in [-0.4, -0.2) is 115 Å². The Morgan fingerprint density at radius 2 is 1.40 bits per heavy atom. The maximum Gasteiger partial charge on any atom is 0.416 e. The lowest BCUT2D eigenvalue weighted by molar-refractivity contribution is -0.143. The van der Waals surface area contributed by atoms with Crippen LogP contribution in [0.3, 0.4) is 0 Å². The lowest BCUT2D eigenvalue weighted by atomic mass is 9.99. The third-order valence-electron chi connectivity index (χ3n) is 10.3. The number of nitrogens with one attached hydrogen (secondary N) is 2. The fourth-order valence-electron chi connectivity index (χ4n) is 7.51. The van der Waals surface area contributed by atoms with E-state index >= 15 is 0 Å². The molecule has 4 heterocycles. The number of anilines is 1. The Balaban J connectivity index is 0.00000523. The number of benzene rings is 2. The van der Waals surface area contributed by atoms with Gasteiger partial charge in [0.2, 0.25) is 0 Å². The molecule has 3 saturated heterocycles. The Hall–Kier alpha value is -4.05. The van der Waals surface area contributed by atoms with Crippen molar-refractivity contribution in [3.05, 3.63) is 64.7 Å². The number of rotatable bonds is 6. The van der Waals surface area contributed by atoms with E-state index < -0.39 is 53.6 Å². The summed E-state index contributed by atoms with van der Waals surface area (Å²) >= 11 is 0. The smallest absolute Gasteiger partial charge is 0.416 e. The van der Waals surface area contributed by atoms with Crippen LogP contribution in [0.5, 0.6) is 0 Å². The fourth-order valence-corrected chi connectivity index (χ4v) is 7.51. The van der Waals surface area contributed by atoms with Gasteiger partial charge in [0.25, 0.3) is 5.91 Å².